The largest absolute Gasteiger partial charge is 0.456 e. The Hall–Kier alpha value is -3.11. The van der Waals surface area contributed by atoms with Crippen molar-refractivity contribution in [1.82, 2.24) is 14.4 Å². The van der Waals surface area contributed by atoms with Gasteiger partial charge in [-0.1, -0.05) is 22.9 Å². The number of carbonyl (C=O) groups is 1. The van der Waals surface area contributed by atoms with Gasteiger partial charge in [-0.05, 0) is 69.0 Å². The highest BCUT2D eigenvalue weighted by Gasteiger charge is 2.41. The fourth-order valence-electron chi connectivity index (χ4n) is 4.21. The molecular weight excluding hydrogens is 449 g/mol. The summed E-state index contributed by atoms with van der Waals surface area (Å²) in [6.07, 6.45) is 0.926. The highest BCUT2D eigenvalue weighted by atomic mass is 32.2. The Morgan fingerprint density at radius 3 is 2.52 bits per heavy atom. The number of ether oxygens (including phenoxy) is 1. The van der Waals surface area contributed by atoms with Crippen LogP contribution in [-0.4, -0.2) is 41.4 Å². The second-order valence-corrected chi connectivity index (χ2v) is 9.96. The van der Waals surface area contributed by atoms with E-state index in [-0.39, 0.29) is 35.6 Å². The molecular formula is C23H24FN3O5S. The first kappa shape index (κ1) is 23.1. The number of carbonyl (C=O) groups excluding carboxylic acids is 1. The minimum atomic E-state index is -3.88. The van der Waals surface area contributed by atoms with E-state index in [9.17, 15) is 17.6 Å². The lowest BCUT2D eigenvalue weighted by atomic mass is 10.1. The first-order valence-corrected chi connectivity index (χ1v) is 12.0. The van der Waals surface area contributed by atoms with E-state index in [0.717, 1.165) is 5.56 Å². The summed E-state index contributed by atoms with van der Waals surface area (Å²) in [6.45, 7) is 5.39. The van der Waals surface area contributed by atoms with Gasteiger partial charge in [0.1, 0.15) is 11.9 Å². The third-order valence-electron chi connectivity index (χ3n) is 5.55. The molecule has 2 heterocycles. The van der Waals surface area contributed by atoms with Gasteiger partial charge in [0.05, 0.1) is 4.90 Å². The van der Waals surface area contributed by atoms with Crippen molar-refractivity contribution < 1.29 is 26.9 Å². The van der Waals surface area contributed by atoms with Gasteiger partial charge >= 0.3 is 5.97 Å². The number of hydrogen-bond donors (Lipinski definition) is 0. The van der Waals surface area contributed by atoms with E-state index >= 15 is 0 Å². The molecule has 10 heteroatoms. The SMILES string of the molecule is Cc1cc(C)c(S(=O)(=O)N2CCCC2C(=O)OCc2noc(-c3ccc(F)cc3)n2)c(C)c1. The molecule has 174 valence electrons. The molecule has 3 aromatic rings. The highest BCUT2D eigenvalue weighted by Crippen LogP contribution is 2.31. The maximum Gasteiger partial charge on any atom is 0.324 e. The van der Waals surface area contributed by atoms with Crippen LogP contribution in [-0.2, 0) is 26.2 Å². The monoisotopic (exact) mass is 473 g/mol. The first-order valence-electron chi connectivity index (χ1n) is 10.5. The van der Waals surface area contributed by atoms with Gasteiger partial charge in [-0.25, -0.2) is 12.8 Å². The van der Waals surface area contributed by atoms with Crippen LogP contribution in [0.4, 0.5) is 4.39 Å². The average Bonchev–Trinajstić information content (AvgIpc) is 3.42. The van der Waals surface area contributed by atoms with Gasteiger partial charge in [-0.2, -0.15) is 9.29 Å². The summed E-state index contributed by atoms with van der Waals surface area (Å²) in [5, 5.41) is 3.77. The molecule has 0 aliphatic carbocycles. The van der Waals surface area contributed by atoms with Gasteiger partial charge < -0.3 is 9.26 Å². The van der Waals surface area contributed by atoms with Gasteiger partial charge in [-0.3, -0.25) is 4.79 Å². The van der Waals surface area contributed by atoms with Crippen LogP contribution in [0.3, 0.4) is 0 Å². The number of benzene rings is 2. The maximum absolute atomic E-state index is 13.4. The standard InChI is InChI=1S/C23H24FN3O5S/c1-14-11-15(2)21(16(3)12-14)33(29,30)27-10-4-5-19(27)23(28)31-13-20-25-22(32-26-20)17-6-8-18(24)9-7-17/h6-9,11-12,19H,4-5,10,13H2,1-3H3. The number of rotatable bonds is 6. The molecule has 1 fully saturated rings. The summed E-state index contributed by atoms with van der Waals surface area (Å²) in [4.78, 5) is 17.2. The first-order chi connectivity index (χ1) is 15.7. The van der Waals surface area contributed by atoms with Crippen LogP contribution in [0.5, 0.6) is 0 Å². The van der Waals surface area contributed by atoms with Crippen LogP contribution in [0.15, 0.2) is 45.8 Å². The molecule has 1 atom stereocenters. The molecule has 1 unspecified atom stereocenters. The summed E-state index contributed by atoms with van der Waals surface area (Å²) in [5.74, 6) is -0.761. The molecule has 0 bridgehead atoms. The van der Waals surface area contributed by atoms with Gasteiger partial charge in [0.15, 0.2) is 6.61 Å². The number of hydrogen-bond acceptors (Lipinski definition) is 7. The quantitative estimate of drug-likeness (QED) is 0.503. The number of esters is 1. The molecule has 1 aliphatic rings. The lowest BCUT2D eigenvalue weighted by Crippen LogP contribution is -2.41. The van der Waals surface area contributed by atoms with Gasteiger partial charge in [0, 0.05) is 12.1 Å². The van der Waals surface area contributed by atoms with Crippen molar-refractivity contribution in [1.29, 1.82) is 0 Å². The zero-order valence-corrected chi connectivity index (χ0v) is 19.4. The Kier molecular flexibility index (Phi) is 6.31. The van der Waals surface area contributed by atoms with Gasteiger partial charge in [-0.15, -0.1) is 0 Å². The third-order valence-corrected chi connectivity index (χ3v) is 7.76. The van der Waals surface area contributed by atoms with Crippen molar-refractivity contribution in [2.75, 3.05) is 6.54 Å². The fraction of sp³-hybridized carbons (Fsp3) is 0.348. The molecule has 0 spiro atoms. The van der Waals surface area contributed by atoms with Crippen LogP contribution in [0, 0.1) is 26.6 Å². The Labute approximate surface area is 191 Å². The number of nitrogens with zero attached hydrogens (tertiary/aromatic N) is 3. The number of aromatic nitrogens is 2. The molecule has 1 aromatic heterocycles. The molecule has 0 saturated carbocycles. The van der Waals surface area contributed by atoms with E-state index in [1.54, 1.807) is 13.8 Å². The van der Waals surface area contributed by atoms with Crippen LogP contribution >= 0.6 is 0 Å². The van der Waals surface area contributed by atoms with E-state index < -0.39 is 22.0 Å². The van der Waals surface area contributed by atoms with Crippen molar-refractivity contribution in [3.63, 3.8) is 0 Å². The third kappa shape index (κ3) is 4.67. The zero-order valence-electron chi connectivity index (χ0n) is 18.5. The second kappa shape index (κ2) is 9.03. The normalized spacial score (nSPS) is 16.8. The van der Waals surface area contributed by atoms with Crippen LogP contribution < -0.4 is 0 Å². The van der Waals surface area contributed by atoms with E-state index in [0.29, 0.717) is 29.5 Å². The summed E-state index contributed by atoms with van der Waals surface area (Å²) in [7, 11) is -3.88. The van der Waals surface area contributed by atoms with Gasteiger partial charge in [0.25, 0.3) is 5.89 Å². The summed E-state index contributed by atoms with van der Waals surface area (Å²) in [5.41, 5.74) is 2.79. The Balaban J connectivity index is 1.47. The summed E-state index contributed by atoms with van der Waals surface area (Å²) < 4.78 is 51.6. The molecule has 33 heavy (non-hydrogen) atoms. The van der Waals surface area contributed by atoms with Crippen LogP contribution in [0.2, 0.25) is 0 Å². The minimum absolute atomic E-state index is 0.125. The molecule has 0 radical (unpaired) electrons. The Bertz CT molecular complexity index is 1260. The predicted molar refractivity (Wildman–Crippen MR) is 117 cm³/mol. The minimum Gasteiger partial charge on any atom is -0.456 e. The molecule has 1 saturated heterocycles. The lowest BCUT2D eigenvalue weighted by molar-refractivity contribution is -0.149. The molecule has 4 rings (SSSR count). The summed E-state index contributed by atoms with van der Waals surface area (Å²) in [6, 6.07) is 8.25. The average molecular weight is 474 g/mol. The number of halogens is 1. The van der Waals surface area contributed by atoms with E-state index in [2.05, 4.69) is 10.1 Å². The molecule has 1 aliphatic heterocycles. The predicted octanol–water partition coefficient (Wildman–Crippen LogP) is 3.70. The molecule has 0 N–H and O–H groups in total. The fourth-order valence-corrected chi connectivity index (χ4v) is 6.27. The molecule has 0 amide bonds. The van der Waals surface area contributed by atoms with Gasteiger partial charge in [0.2, 0.25) is 15.8 Å². The van der Waals surface area contributed by atoms with Crippen LogP contribution in [0.25, 0.3) is 11.5 Å². The van der Waals surface area contributed by atoms with Crippen molar-refractivity contribution in [3.05, 3.63) is 64.7 Å². The molecule has 2 aromatic carbocycles. The van der Waals surface area contributed by atoms with E-state index in [1.165, 1.54) is 28.6 Å². The Morgan fingerprint density at radius 2 is 1.85 bits per heavy atom. The highest BCUT2D eigenvalue weighted by molar-refractivity contribution is 7.89. The van der Waals surface area contributed by atoms with Crippen molar-refractivity contribution in [2.45, 2.75) is 51.2 Å². The van der Waals surface area contributed by atoms with Crippen molar-refractivity contribution >= 4 is 16.0 Å². The van der Waals surface area contributed by atoms with Crippen molar-refractivity contribution in [2.24, 2.45) is 0 Å². The lowest BCUT2D eigenvalue weighted by Gasteiger charge is -2.24. The topological polar surface area (TPSA) is 103 Å². The smallest absolute Gasteiger partial charge is 0.324 e. The Morgan fingerprint density at radius 1 is 1.18 bits per heavy atom. The maximum atomic E-state index is 13.4. The second-order valence-electron chi connectivity index (χ2n) is 8.13. The van der Waals surface area contributed by atoms with E-state index in [4.69, 9.17) is 9.26 Å². The number of sulfonamides is 1. The molecule has 8 nitrogen and oxygen atoms in total. The summed E-state index contributed by atoms with van der Waals surface area (Å²) >= 11 is 0. The van der Waals surface area contributed by atoms with Crippen molar-refractivity contribution in [3.8, 4) is 11.5 Å². The van der Waals surface area contributed by atoms with E-state index in [1.807, 2.05) is 19.1 Å². The van der Waals surface area contributed by atoms with Crippen LogP contribution in [0.1, 0.15) is 35.4 Å². The number of aryl methyl sites for hydroxylation is 3. The zero-order chi connectivity index (χ0) is 23.8.